The van der Waals surface area contributed by atoms with E-state index in [2.05, 4.69) is 25.8 Å². The number of carbonyl (C=O) groups is 3. The molecular weight excluding hydrogens is 522 g/mol. The molecule has 0 aliphatic carbocycles. The Hall–Kier alpha value is -4.03. The summed E-state index contributed by atoms with van der Waals surface area (Å²) in [6, 6.07) is -1.45. The van der Waals surface area contributed by atoms with Gasteiger partial charge in [-0.3, -0.25) is 23.7 Å². The second-order valence-electron chi connectivity index (χ2n) is 7.97. The first kappa shape index (κ1) is 26.6. The molecule has 1 fully saturated rings. The van der Waals surface area contributed by atoms with Crippen molar-refractivity contribution in [1.82, 2.24) is 19.6 Å². The molecule has 2 aromatic rings. The molecule has 2 aromatic heterocycles. The predicted octanol–water partition coefficient (Wildman–Crippen LogP) is -1.22. The first-order chi connectivity index (χ1) is 16.6. The van der Waals surface area contributed by atoms with Gasteiger partial charge in [0.25, 0.3) is 17.7 Å². The lowest BCUT2D eigenvalue weighted by Crippen LogP contribution is -2.71. The molecule has 2 atom stereocenters. The zero-order valence-corrected chi connectivity index (χ0v) is 20.5. The summed E-state index contributed by atoms with van der Waals surface area (Å²) in [4.78, 5) is 60.9. The van der Waals surface area contributed by atoms with E-state index in [-0.39, 0.29) is 20.9 Å². The number of rotatable bonds is 8. The minimum absolute atomic E-state index is 0.0467. The summed E-state index contributed by atoms with van der Waals surface area (Å²) in [6.07, 6.45) is 0.977. The van der Waals surface area contributed by atoms with Crippen LogP contribution in [0.1, 0.15) is 26.5 Å². The standard InChI is InChI=1S/C18H21N7O9S2/c1-7-12(15(29)25(7)36(31,32)33)23-14(28)13(8-6-35-17(19)21-8)24-34-18(2,3)16(30)22-11-4-9(26)10(27)5-20-11/h4-7,12,27H,1-3H3,(H2,19,21)(H,23,28)(H,31,32,33)(H2,20,22,26,30)/t7-,12+/m1/s1. The number of thiazole rings is 1. The number of β-lactam (4-membered cyclic amide) rings is 1. The van der Waals surface area contributed by atoms with Gasteiger partial charge in [0.05, 0.1) is 6.04 Å². The fourth-order valence-electron chi connectivity index (χ4n) is 2.92. The summed E-state index contributed by atoms with van der Waals surface area (Å²) in [7, 11) is -4.80. The molecule has 1 aliphatic heterocycles. The average Bonchev–Trinajstić information content (AvgIpc) is 3.19. The number of hydrogen-bond donors (Lipinski definition) is 6. The van der Waals surface area contributed by atoms with Gasteiger partial charge in [0.15, 0.2) is 16.6 Å². The number of nitrogens with one attached hydrogen (secondary N) is 3. The first-order valence-electron chi connectivity index (χ1n) is 9.94. The number of anilines is 2. The lowest BCUT2D eigenvalue weighted by atomic mass is 10.0. The molecule has 0 bridgehead atoms. The number of nitrogens with two attached hydrogens (primary N) is 1. The number of hydrogen-bond acceptors (Lipinski definition) is 12. The molecule has 0 saturated carbocycles. The molecule has 18 heteroatoms. The van der Waals surface area contributed by atoms with E-state index in [4.69, 9.17) is 15.1 Å². The topological polar surface area (TPSA) is 246 Å². The molecular formula is C18H21N7O9S2. The molecule has 3 rings (SSSR count). The van der Waals surface area contributed by atoms with Crippen molar-refractivity contribution in [3.63, 3.8) is 0 Å². The van der Waals surface area contributed by atoms with E-state index < -0.39 is 62.6 Å². The zero-order valence-electron chi connectivity index (χ0n) is 18.9. The molecule has 3 amide bonds. The summed E-state index contributed by atoms with van der Waals surface area (Å²) in [6.45, 7) is 3.89. The summed E-state index contributed by atoms with van der Waals surface area (Å²) in [5.74, 6) is -3.46. The second-order valence-corrected chi connectivity index (χ2v) is 10.1. The maximum Gasteiger partial charge on any atom is 0.362 e. The van der Waals surface area contributed by atoms with Gasteiger partial charge in [-0.2, -0.15) is 8.42 Å². The Labute approximate surface area is 207 Å². The predicted molar refractivity (Wildman–Crippen MR) is 125 cm³/mol. The third-order valence-corrected chi connectivity index (χ3v) is 6.59. The minimum atomic E-state index is -4.80. The van der Waals surface area contributed by atoms with Crippen molar-refractivity contribution >= 4 is 56.0 Å². The van der Waals surface area contributed by atoms with Crippen LogP contribution in [-0.2, 0) is 29.5 Å². The van der Waals surface area contributed by atoms with Crippen LogP contribution in [0.5, 0.6) is 5.75 Å². The van der Waals surface area contributed by atoms with Crippen LogP contribution in [0.15, 0.2) is 27.6 Å². The SMILES string of the molecule is C[C@@H]1[C@H](NC(=O)C(=NOC(C)(C)C(=O)Nc2cc(=O)c(O)c[nH]2)c2csc(N)n2)C(=O)N1S(=O)(=O)O. The van der Waals surface area contributed by atoms with Gasteiger partial charge in [-0.15, -0.1) is 11.3 Å². The maximum absolute atomic E-state index is 12.9. The molecule has 194 valence electrons. The molecule has 16 nitrogen and oxygen atoms in total. The highest BCUT2D eigenvalue weighted by Gasteiger charge is 2.51. The number of aromatic amines is 1. The third-order valence-electron chi connectivity index (χ3n) is 4.90. The Bertz CT molecular complexity index is 1410. The third kappa shape index (κ3) is 5.44. The maximum atomic E-state index is 12.9. The zero-order chi connectivity index (χ0) is 27.0. The molecule has 0 spiro atoms. The van der Waals surface area contributed by atoms with Crippen LogP contribution in [0.3, 0.4) is 0 Å². The van der Waals surface area contributed by atoms with Crippen molar-refractivity contribution in [2.45, 2.75) is 38.5 Å². The quantitative estimate of drug-likeness (QED) is 0.0996. The lowest BCUT2D eigenvalue weighted by Gasteiger charge is -2.42. The van der Waals surface area contributed by atoms with Crippen LogP contribution < -0.4 is 21.8 Å². The molecule has 1 aliphatic rings. The second kappa shape index (κ2) is 9.55. The highest BCUT2D eigenvalue weighted by Crippen LogP contribution is 2.23. The highest BCUT2D eigenvalue weighted by atomic mass is 32.2. The van der Waals surface area contributed by atoms with Gasteiger partial charge >= 0.3 is 10.3 Å². The first-order valence-corrected chi connectivity index (χ1v) is 12.2. The van der Waals surface area contributed by atoms with Gasteiger partial charge in [0.1, 0.15) is 17.6 Å². The summed E-state index contributed by atoms with van der Waals surface area (Å²) < 4.78 is 31.9. The number of amides is 3. The smallest absolute Gasteiger partial charge is 0.362 e. The fourth-order valence-corrected chi connectivity index (χ4v) is 4.35. The largest absolute Gasteiger partial charge is 0.503 e. The van der Waals surface area contributed by atoms with Gasteiger partial charge in [-0.25, -0.2) is 9.29 Å². The fraction of sp³-hybridized carbons (Fsp3) is 0.333. The highest BCUT2D eigenvalue weighted by molar-refractivity contribution is 7.84. The Balaban J connectivity index is 1.80. The number of nitrogens with zero attached hydrogens (tertiary/aromatic N) is 3. The van der Waals surface area contributed by atoms with E-state index in [1.165, 1.54) is 26.2 Å². The normalized spacial score (nSPS) is 18.4. The van der Waals surface area contributed by atoms with Crippen LogP contribution in [-0.4, -0.2) is 73.5 Å². The Morgan fingerprint density at radius 2 is 2.03 bits per heavy atom. The lowest BCUT2D eigenvalue weighted by molar-refractivity contribution is -0.144. The summed E-state index contributed by atoms with van der Waals surface area (Å²) >= 11 is 0.967. The van der Waals surface area contributed by atoms with Crippen molar-refractivity contribution < 1.29 is 37.3 Å². The van der Waals surface area contributed by atoms with E-state index in [1.807, 2.05) is 0 Å². The number of oxime groups is 1. The molecule has 0 aromatic carbocycles. The van der Waals surface area contributed by atoms with Crippen molar-refractivity contribution in [2.24, 2.45) is 5.16 Å². The Morgan fingerprint density at radius 3 is 2.56 bits per heavy atom. The van der Waals surface area contributed by atoms with Crippen molar-refractivity contribution in [3.05, 3.63) is 33.6 Å². The van der Waals surface area contributed by atoms with E-state index in [1.54, 1.807) is 0 Å². The van der Waals surface area contributed by atoms with Crippen LogP contribution >= 0.6 is 11.3 Å². The van der Waals surface area contributed by atoms with Crippen LogP contribution in [0.4, 0.5) is 10.9 Å². The van der Waals surface area contributed by atoms with E-state index >= 15 is 0 Å². The molecule has 0 unspecified atom stereocenters. The minimum Gasteiger partial charge on any atom is -0.503 e. The molecule has 1 saturated heterocycles. The van der Waals surface area contributed by atoms with Crippen molar-refractivity contribution in [1.29, 1.82) is 0 Å². The van der Waals surface area contributed by atoms with Gasteiger partial charge in [0, 0.05) is 17.6 Å². The molecule has 7 N–H and O–H groups in total. The Kier molecular flexibility index (Phi) is 7.05. The monoisotopic (exact) mass is 543 g/mol. The summed E-state index contributed by atoms with van der Waals surface area (Å²) in [5, 5.41) is 19.1. The van der Waals surface area contributed by atoms with E-state index in [9.17, 15) is 32.7 Å². The van der Waals surface area contributed by atoms with Gasteiger partial charge in [-0.1, -0.05) is 5.16 Å². The van der Waals surface area contributed by atoms with Crippen LogP contribution in [0, 0.1) is 0 Å². The number of carbonyl (C=O) groups excluding carboxylic acids is 3. The molecule has 3 heterocycles. The van der Waals surface area contributed by atoms with Crippen molar-refractivity contribution in [3.8, 4) is 5.75 Å². The van der Waals surface area contributed by atoms with E-state index in [0.29, 0.717) is 0 Å². The van der Waals surface area contributed by atoms with Crippen LogP contribution in [0.2, 0.25) is 0 Å². The Morgan fingerprint density at radius 1 is 1.36 bits per heavy atom. The number of nitrogen functional groups attached to an aromatic ring is 1. The summed E-state index contributed by atoms with van der Waals surface area (Å²) in [5.41, 5.74) is 2.62. The number of aromatic hydroxyl groups is 1. The average molecular weight is 544 g/mol. The van der Waals surface area contributed by atoms with Gasteiger partial charge < -0.3 is 31.3 Å². The van der Waals surface area contributed by atoms with Crippen LogP contribution in [0.25, 0.3) is 0 Å². The molecule has 36 heavy (non-hydrogen) atoms. The number of H-pyrrole nitrogens is 1. The van der Waals surface area contributed by atoms with Crippen molar-refractivity contribution in [2.75, 3.05) is 11.1 Å². The molecule has 0 radical (unpaired) electrons. The van der Waals surface area contributed by atoms with Gasteiger partial charge in [-0.05, 0) is 20.8 Å². The number of aromatic nitrogens is 2. The van der Waals surface area contributed by atoms with Gasteiger partial charge in [0.2, 0.25) is 11.0 Å². The number of pyridine rings is 1. The van der Waals surface area contributed by atoms with E-state index in [0.717, 1.165) is 23.6 Å².